The van der Waals surface area contributed by atoms with Gasteiger partial charge in [-0.25, -0.2) is 0 Å². The number of hydrogen-bond donors (Lipinski definition) is 1. The number of hydrogen-bond acceptors (Lipinski definition) is 3. The van der Waals surface area contributed by atoms with Crippen molar-refractivity contribution in [1.82, 2.24) is 15.1 Å². The largest absolute Gasteiger partial charge is 0.386 e. The van der Waals surface area contributed by atoms with Gasteiger partial charge in [-0.2, -0.15) is 0 Å². The summed E-state index contributed by atoms with van der Waals surface area (Å²) in [7, 11) is 0. The molecule has 1 saturated heterocycles. The number of nitrogens with zero attached hydrogens (tertiary/aromatic N) is 2. The van der Waals surface area contributed by atoms with Crippen LogP contribution < -0.4 is 5.32 Å². The molecule has 1 N–H and O–H groups in total. The summed E-state index contributed by atoms with van der Waals surface area (Å²) in [6.45, 7) is 16.3. The molecule has 20 heavy (non-hydrogen) atoms. The summed E-state index contributed by atoms with van der Waals surface area (Å²) in [6.07, 6.45) is 7.84. The second-order valence-corrected chi connectivity index (χ2v) is 6.85. The zero-order chi connectivity index (χ0) is 14.6. The van der Waals surface area contributed by atoms with Crippen LogP contribution in [0, 0.1) is 5.92 Å². The molecular formula is C17H31N3. The molecule has 0 saturated carbocycles. The van der Waals surface area contributed by atoms with Crippen molar-refractivity contribution in [1.29, 1.82) is 0 Å². The fraction of sp³-hybridized carbons (Fsp3) is 0.765. The van der Waals surface area contributed by atoms with Crippen LogP contribution in [0.1, 0.15) is 34.1 Å². The van der Waals surface area contributed by atoms with Crippen molar-refractivity contribution in [3.63, 3.8) is 0 Å². The van der Waals surface area contributed by atoms with Crippen LogP contribution in [0.3, 0.4) is 0 Å². The van der Waals surface area contributed by atoms with E-state index in [0.29, 0.717) is 5.92 Å². The molecule has 0 bridgehead atoms. The van der Waals surface area contributed by atoms with Crippen LogP contribution in [0.25, 0.3) is 0 Å². The van der Waals surface area contributed by atoms with E-state index in [0.717, 1.165) is 13.0 Å². The van der Waals surface area contributed by atoms with Crippen molar-refractivity contribution in [2.45, 2.75) is 39.7 Å². The zero-order valence-electron chi connectivity index (χ0n) is 13.7. The van der Waals surface area contributed by atoms with Gasteiger partial charge in [0, 0.05) is 44.0 Å². The third kappa shape index (κ3) is 4.10. The van der Waals surface area contributed by atoms with Gasteiger partial charge >= 0.3 is 0 Å². The van der Waals surface area contributed by atoms with Gasteiger partial charge < -0.3 is 10.2 Å². The molecule has 0 aromatic heterocycles. The Labute approximate surface area is 124 Å². The average molecular weight is 277 g/mol. The zero-order valence-corrected chi connectivity index (χ0v) is 13.7. The molecule has 1 aliphatic heterocycles. The van der Waals surface area contributed by atoms with E-state index in [9.17, 15) is 0 Å². The molecule has 0 aromatic carbocycles. The van der Waals surface area contributed by atoms with Gasteiger partial charge in [-0.3, -0.25) is 4.90 Å². The third-order valence-electron chi connectivity index (χ3n) is 4.70. The lowest BCUT2D eigenvalue weighted by Gasteiger charge is -2.44. The van der Waals surface area contributed by atoms with E-state index < -0.39 is 0 Å². The van der Waals surface area contributed by atoms with Crippen LogP contribution in [-0.4, -0.2) is 54.6 Å². The Morgan fingerprint density at radius 3 is 2.55 bits per heavy atom. The molecule has 1 atom stereocenters. The standard InChI is InChI=1S/C17H31N3/c1-5-19-9-11-20(12-10-19)17(3,4)14-18-16-8-6-7-15(2)13-16/h6-8,15,18H,5,9-14H2,1-4H3. The summed E-state index contributed by atoms with van der Waals surface area (Å²) in [5.74, 6) is 0.665. The van der Waals surface area contributed by atoms with E-state index in [1.54, 1.807) is 0 Å². The molecule has 2 aliphatic rings. The molecule has 114 valence electrons. The molecule has 0 amide bonds. The lowest BCUT2D eigenvalue weighted by molar-refractivity contribution is 0.0554. The van der Waals surface area contributed by atoms with Crippen molar-refractivity contribution in [2.75, 3.05) is 39.3 Å². The van der Waals surface area contributed by atoms with E-state index in [1.165, 1.54) is 38.4 Å². The lowest BCUT2D eigenvalue weighted by atomic mass is 9.98. The van der Waals surface area contributed by atoms with Gasteiger partial charge in [0.05, 0.1) is 0 Å². The predicted molar refractivity (Wildman–Crippen MR) is 86.8 cm³/mol. The van der Waals surface area contributed by atoms with Crippen LogP contribution in [-0.2, 0) is 0 Å². The van der Waals surface area contributed by atoms with Gasteiger partial charge in [-0.1, -0.05) is 26.0 Å². The van der Waals surface area contributed by atoms with E-state index in [4.69, 9.17) is 0 Å². The van der Waals surface area contributed by atoms with Gasteiger partial charge in [0.1, 0.15) is 0 Å². The monoisotopic (exact) mass is 277 g/mol. The van der Waals surface area contributed by atoms with Crippen molar-refractivity contribution >= 4 is 0 Å². The van der Waals surface area contributed by atoms with E-state index in [2.05, 4.69) is 61.0 Å². The number of likely N-dealkylation sites (N-methyl/N-ethyl adjacent to an activating group) is 1. The minimum atomic E-state index is 0.227. The molecule has 0 aromatic rings. The van der Waals surface area contributed by atoms with Gasteiger partial charge in [-0.15, -0.1) is 0 Å². The van der Waals surface area contributed by atoms with Crippen molar-refractivity contribution < 1.29 is 0 Å². The maximum Gasteiger partial charge on any atom is 0.0326 e. The summed E-state index contributed by atoms with van der Waals surface area (Å²) >= 11 is 0. The Bertz CT molecular complexity index is 362. The first-order valence-corrected chi connectivity index (χ1v) is 8.10. The Morgan fingerprint density at radius 2 is 1.95 bits per heavy atom. The fourth-order valence-corrected chi connectivity index (χ4v) is 3.09. The van der Waals surface area contributed by atoms with E-state index >= 15 is 0 Å². The van der Waals surface area contributed by atoms with Gasteiger partial charge in [0.25, 0.3) is 0 Å². The number of rotatable bonds is 5. The maximum absolute atomic E-state index is 3.67. The van der Waals surface area contributed by atoms with Crippen molar-refractivity contribution in [3.8, 4) is 0 Å². The molecule has 3 heteroatoms. The normalized spacial score (nSPS) is 25.6. The van der Waals surface area contributed by atoms with Crippen LogP contribution in [0.4, 0.5) is 0 Å². The SMILES string of the molecule is CCN1CCN(C(C)(C)CNC2=CC=CC(C)C2)CC1. The highest BCUT2D eigenvalue weighted by Gasteiger charge is 2.29. The Kier molecular flexibility index (Phi) is 5.28. The smallest absolute Gasteiger partial charge is 0.0326 e. The number of nitrogens with one attached hydrogen (secondary N) is 1. The Hall–Kier alpha value is -0.800. The van der Waals surface area contributed by atoms with Gasteiger partial charge in [-0.05, 0) is 38.8 Å². The van der Waals surface area contributed by atoms with Crippen molar-refractivity contribution in [3.05, 3.63) is 23.9 Å². The summed E-state index contributed by atoms with van der Waals surface area (Å²) in [5.41, 5.74) is 1.62. The molecule has 0 spiro atoms. The second-order valence-electron chi connectivity index (χ2n) is 6.85. The molecule has 1 heterocycles. The van der Waals surface area contributed by atoms with E-state index in [1.807, 2.05) is 0 Å². The summed E-state index contributed by atoms with van der Waals surface area (Å²) in [6, 6.07) is 0. The quantitative estimate of drug-likeness (QED) is 0.833. The van der Waals surface area contributed by atoms with E-state index in [-0.39, 0.29) is 5.54 Å². The number of piperazine rings is 1. The molecule has 1 fully saturated rings. The third-order valence-corrected chi connectivity index (χ3v) is 4.70. The Balaban J connectivity index is 1.82. The summed E-state index contributed by atoms with van der Waals surface area (Å²) in [4.78, 5) is 5.17. The van der Waals surface area contributed by atoms with Gasteiger partial charge in [0.2, 0.25) is 0 Å². The minimum Gasteiger partial charge on any atom is -0.386 e. The van der Waals surface area contributed by atoms with Gasteiger partial charge in [0.15, 0.2) is 0 Å². The molecule has 0 radical (unpaired) electrons. The molecule has 3 nitrogen and oxygen atoms in total. The second kappa shape index (κ2) is 6.77. The summed E-state index contributed by atoms with van der Waals surface area (Å²) < 4.78 is 0. The highest BCUT2D eigenvalue weighted by molar-refractivity contribution is 5.18. The fourth-order valence-electron chi connectivity index (χ4n) is 3.09. The van der Waals surface area contributed by atoms with Crippen LogP contribution in [0.15, 0.2) is 23.9 Å². The highest BCUT2D eigenvalue weighted by atomic mass is 15.3. The lowest BCUT2D eigenvalue weighted by Crippen LogP contribution is -2.57. The first-order chi connectivity index (χ1) is 9.51. The number of allylic oxidation sites excluding steroid dienone is 4. The molecule has 1 unspecified atom stereocenters. The molecule has 1 aliphatic carbocycles. The Morgan fingerprint density at radius 1 is 1.25 bits per heavy atom. The summed E-state index contributed by atoms with van der Waals surface area (Å²) in [5, 5.41) is 3.67. The van der Waals surface area contributed by atoms with Crippen molar-refractivity contribution in [2.24, 2.45) is 5.92 Å². The highest BCUT2D eigenvalue weighted by Crippen LogP contribution is 2.19. The maximum atomic E-state index is 3.67. The van der Waals surface area contributed by atoms with Crippen LogP contribution in [0.2, 0.25) is 0 Å². The van der Waals surface area contributed by atoms with Crippen LogP contribution in [0.5, 0.6) is 0 Å². The first kappa shape index (κ1) is 15.6. The topological polar surface area (TPSA) is 18.5 Å². The predicted octanol–water partition coefficient (Wildman–Crippen LogP) is 2.47. The molecule has 2 rings (SSSR count). The molecular weight excluding hydrogens is 246 g/mol. The average Bonchev–Trinajstić information content (AvgIpc) is 2.45. The first-order valence-electron chi connectivity index (χ1n) is 8.10. The van der Waals surface area contributed by atoms with Crippen LogP contribution >= 0.6 is 0 Å². The minimum absolute atomic E-state index is 0.227.